The molecule has 0 unspecified atom stereocenters. The summed E-state index contributed by atoms with van der Waals surface area (Å²) >= 11 is 0. The lowest BCUT2D eigenvalue weighted by molar-refractivity contribution is 0.197. The summed E-state index contributed by atoms with van der Waals surface area (Å²) in [6, 6.07) is 6.65. The van der Waals surface area contributed by atoms with Crippen molar-refractivity contribution in [2.75, 3.05) is 25.6 Å². The van der Waals surface area contributed by atoms with Crippen LogP contribution in [0.2, 0.25) is 0 Å². The molecular weight excluding hydrogens is 169 g/mol. The molecule has 0 atom stereocenters. The molecule has 0 bridgehead atoms. The van der Waals surface area contributed by atoms with Crippen LogP contribution in [-0.2, 0) is 4.74 Å². The Labute approximate surface area is 77.7 Å². The van der Waals surface area contributed by atoms with Gasteiger partial charge in [-0.1, -0.05) is 12.1 Å². The average Bonchev–Trinajstić information content (AvgIpc) is 2.15. The van der Waals surface area contributed by atoms with Gasteiger partial charge in [-0.05, 0) is 18.6 Å². The molecule has 1 rings (SSSR count). The summed E-state index contributed by atoms with van der Waals surface area (Å²) in [5, 5.41) is 2.99. The van der Waals surface area contributed by atoms with E-state index in [1.807, 2.05) is 6.07 Å². The highest BCUT2D eigenvalue weighted by Gasteiger charge is 1.97. The molecule has 3 heteroatoms. The Balaban J connectivity index is 2.32. The zero-order chi connectivity index (χ0) is 9.52. The Kier molecular flexibility index (Phi) is 4.26. The summed E-state index contributed by atoms with van der Waals surface area (Å²) in [4.78, 5) is 0. The maximum atomic E-state index is 13.0. The van der Waals surface area contributed by atoms with E-state index in [1.54, 1.807) is 19.2 Å². The summed E-state index contributed by atoms with van der Waals surface area (Å²) in [5.41, 5.74) is 0.554. The Morgan fingerprint density at radius 1 is 1.38 bits per heavy atom. The van der Waals surface area contributed by atoms with Crippen LogP contribution in [0.5, 0.6) is 0 Å². The molecule has 2 nitrogen and oxygen atoms in total. The molecule has 0 aliphatic carbocycles. The summed E-state index contributed by atoms with van der Waals surface area (Å²) in [6.45, 7) is 1.43. The average molecular weight is 183 g/mol. The van der Waals surface area contributed by atoms with Crippen molar-refractivity contribution in [2.24, 2.45) is 0 Å². The van der Waals surface area contributed by atoms with Gasteiger partial charge in [-0.2, -0.15) is 0 Å². The van der Waals surface area contributed by atoms with Gasteiger partial charge in [0, 0.05) is 20.3 Å². The second-order valence-electron chi connectivity index (χ2n) is 2.75. The van der Waals surface area contributed by atoms with Crippen LogP contribution in [0.1, 0.15) is 6.42 Å². The molecule has 0 spiro atoms. The van der Waals surface area contributed by atoms with Gasteiger partial charge in [0.1, 0.15) is 5.82 Å². The second kappa shape index (κ2) is 5.54. The zero-order valence-corrected chi connectivity index (χ0v) is 7.72. The van der Waals surface area contributed by atoms with E-state index in [9.17, 15) is 4.39 Å². The number of halogens is 1. The first-order valence-electron chi connectivity index (χ1n) is 4.32. The van der Waals surface area contributed by atoms with Gasteiger partial charge >= 0.3 is 0 Å². The number of benzene rings is 1. The lowest BCUT2D eigenvalue weighted by Gasteiger charge is -2.06. The van der Waals surface area contributed by atoms with Crippen LogP contribution in [0.3, 0.4) is 0 Å². The number of ether oxygens (including phenoxy) is 1. The van der Waals surface area contributed by atoms with Crippen molar-refractivity contribution in [3.63, 3.8) is 0 Å². The number of nitrogens with one attached hydrogen (secondary N) is 1. The minimum absolute atomic E-state index is 0.208. The van der Waals surface area contributed by atoms with Crippen molar-refractivity contribution < 1.29 is 9.13 Å². The van der Waals surface area contributed by atoms with E-state index in [4.69, 9.17) is 4.74 Å². The van der Waals surface area contributed by atoms with E-state index in [0.29, 0.717) is 12.3 Å². The fourth-order valence-electron chi connectivity index (χ4n) is 1.04. The number of rotatable bonds is 5. The van der Waals surface area contributed by atoms with Crippen LogP contribution in [0.4, 0.5) is 10.1 Å². The molecular formula is C10H14FNO. The maximum Gasteiger partial charge on any atom is 0.146 e. The van der Waals surface area contributed by atoms with Crippen molar-refractivity contribution in [2.45, 2.75) is 6.42 Å². The van der Waals surface area contributed by atoms with Crippen molar-refractivity contribution >= 4 is 5.69 Å². The van der Waals surface area contributed by atoms with Gasteiger partial charge in [-0.15, -0.1) is 0 Å². The third-order valence-electron chi connectivity index (χ3n) is 1.71. The molecule has 0 aliphatic rings. The molecule has 0 saturated heterocycles. The van der Waals surface area contributed by atoms with E-state index in [-0.39, 0.29) is 5.82 Å². The Morgan fingerprint density at radius 2 is 2.15 bits per heavy atom. The molecule has 13 heavy (non-hydrogen) atoms. The molecule has 1 N–H and O–H groups in total. The molecule has 0 amide bonds. The maximum absolute atomic E-state index is 13.0. The van der Waals surface area contributed by atoms with Crippen molar-refractivity contribution in [1.29, 1.82) is 0 Å². The van der Waals surface area contributed by atoms with Gasteiger partial charge in [0.25, 0.3) is 0 Å². The fourth-order valence-corrected chi connectivity index (χ4v) is 1.04. The molecule has 0 radical (unpaired) electrons. The van der Waals surface area contributed by atoms with Crippen LogP contribution in [-0.4, -0.2) is 20.3 Å². The molecule has 0 aromatic heterocycles. The first-order valence-corrected chi connectivity index (χ1v) is 4.32. The first-order chi connectivity index (χ1) is 6.34. The Morgan fingerprint density at radius 3 is 2.85 bits per heavy atom. The number of methoxy groups -OCH3 is 1. The quantitative estimate of drug-likeness (QED) is 0.707. The molecule has 0 saturated carbocycles. The molecule has 0 aliphatic heterocycles. The lowest BCUT2D eigenvalue weighted by atomic mass is 10.3. The Bertz CT molecular complexity index is 252. The number of para-hydroxylation sites is 1. The minimum Gasteiger partial charge on any atom is -0.385 e. The Hall–Kier alpha value is -1.09. The number of anilines is 1. The van der Waals surface area contributed by atoms with Gasteiger partial charge in [-0.25, -0.2) is 4.39 Å². The number of hydrogen-bond donors (Lipinski definition) is 1. The summed E-state index contributed by atoms with van der Waals surface area (Å²) in [6.07, 6.45) is 0.880. The lowest BCUT2D eigenvalue weighted by Crippen LogP contribution is -2.05. The minimum atomic E-state index is -0.208. The SMILES string of the molecule is COCCCNc1ccccc1F. The predicted molar refractivity (Wildman–Crippen MR) is 51.4 cm³/mol. The van der Waals surface area contributed by atoms with Gasteiger partial charge in [-0.3, -0.25) is 0 Å². The largest absolute Gasteiger partial charge is 0.385 e. The van der Waals surface area contributed by atoms with Gasteiger partial charge in [0.05, 0.1) is 5.69 Å². The molecule has 72 valence electrons. The molecule has 0 heterocycles. The highest BCUT2D eigenvalue weighted by Crippen LogP contribution is 2.11. The zero-order valence-electron chi connectivity index (χ0n) is 7.72. The standard InChI is InChI=1S/C10H14FNO/c1-13-8-4-7-12-10-6-3-2-5-9(10)11/h2-3,5-6,12H,4,7-8H2,1H3. The smallest absolute Gasteiger partial charge is 0.146 e. The second-order valence-corrected chi connectivity index (χ2v) is 2.75. The summed E-state index contributed by atoms with van der Waals surface area (Å²) in [7, 11) is 1.66. The highest BCUT2D eigenvalue weighted by molar-refractivity contribution is 5.44. The molecule has 0 fully saturated rings. The van der Waals surface area contributed by atoms with E-state index in [0.717, 1.165) is 13.0 Å². The monoisotopic (exact) mass is 183 g/mol. The van der Waals surface area contributed by atoms with Crippen molar-refractivity contribution in [3.8, 4) is 0 Å². The van der Waals surface area contributed by atoms with Gasteiger partial charge in [0.15, 0.2) is 0 Å². The molecule has 1 aromatic rings. The fraction of sp³-hybridized carbons (Fsp3) is 0.400. The van der Waals surface area contributed by atoms with Crippen LogP contribution in [0, 0.1) is 5.82 Å². The van der Waals surface area contributed by atoms with Gasteiger partial charge < -0.3 is 10.1 Å². The third kappa shape index (κ3) is 3.42. The van der Waals surface area contributed by atoms with Crippen LogP contribution >= 0.6 is 0 Å². The van der Waals surface area contributed by atoms with E-state index >= 15 is 0 Å². The van der Waals surface area contributed by atoms with Crippen LogP contribution in [0.25, 0.3) is 0 Å². The van der Waals surface area contributed by atoms with Crippen LogP contribution < -0.4 is 5.32 Å². The molecule has 1 aromatic carbocycles. The number of hydrogen-bond acceptors (Lipinski definition) is 2. The normalized spacial score (nSPS) is 10.0. The van der Waals surface area contributed by atoms with Crippen molar-refractivity contribution in [1.82, 2.24) is 0 Å². The highest BCUT2D eigenvalue weighted by atomic mass is 19.1. The van der Waals surface area contributed by atoms with E-state index in [2.05, 4.69) is 5.32 Å². The topological polar surface area (TPSA) is 21.3 Å². The summed E-state index contributed by atoms with van der Waals surface area (Å²) in [5.74, 6) is -0.208. The third-order valence-corrected chi connectivity index (χ3v) is 1.71. The predicted octanol–water partition coefficient (Wildman–Crippen LogP) is 2.27. The van der Waals surface area contributed by atoms with Gasteiger partial charge in [0.2, 0.25) is 0 Å². The van der Waals surface area contributed by atoms with E-state index in [1.165, 1.54) is 6.07 Å². The van der Waals surface area contributed by atoms with E-state index < -0.39 is 0 Å². The summed E-state index contributed by atoms with van der Waals surface area (Å²) < 4.78 is 17.9. The first kappa shape index (κ1) is 9.99. The van der Waals surface area contributed by atoms with Crippen LogP contribution in [0.15, 0.2) is 24.3 Å². The van der Waals surface area contributed by atoms with Crippen molar-refractivity contribution in [3.05, 3.63) is 30.1 Å².